The van der Waals surface area contributed by atoms with E-state index in [-0.39, 0.29) is 0 Å². The summed E-state index contributed by atoms with van der Waals surface area (Å²) in [5.41, 5.74) is 1.06. The first-order chi connectivity index (χ1) is 6.95. The van der Waals surface area contributed by atoms with E-state index in [4.69, 9.17) is 4.74 Å². The Hall–Kier alpha value is -1.13. The quantitative estimate of drug-likeness (QED) is 0.733. The van der Waals surface area contributed by atoms with Crippen molar-refractivity contribution in [2.75, 3.05) is 31.6 Å². The van der Waals surface area contributed by atoms with E-state index in [1.54, 1.807) is 6.20 Å². The molecule has 2 rings (SSSR count). The number of morpholine rings is 1. The fourth-order valence-electron chi connectivity index (χ4n) is 1.46. The second kappa shape index (κ2) is 4.93. The topological polar surface area (TPSA) is 46.2 Å². The van der Waals surface area contributed by atoms with E-state index in [2.05, 4.69) is 15.6 Å². The summed E-state index contributed by atoms with van der Waals surface area (Å²) >= 11 is 0. The lowest BCUT2D eigenvalue weighted by Gasteiger charge is -2.24. The number of anilines is 1. The van der Waals surface area contributed by atoms with Crippen molar-refractivity contribution in [3.63, 3.8) is 0 Å². The van der Waals surface area contributed by atoms with Gasteiger partial charge in [0.25, 0.3) is 0 Å². The average molecular weight is 193 g/mol. The van der Waals surface area contributed by atoms with Crippen LogP contribution in [-0.4, -0.2) is 37.3 Å². The number of aromatic nitrogens is 1. The van der Waals surface area contributed by atoms with Crippen LogP contribution < -0.4 is 10.6 Å². The Morgan fingerprint density at radius 2 is 2.64 bits per heavy atom. The summed E-state index contributed by atoms with van der Waals surface area (Å²) in [5, 5.41) is 6.69. The number of rotatable bonds is 3. The van der Waals surface area contributed by atoms with Gasteiger partial charge in [-0.3, -0.25) is 4.98 Å². The third-order valence-corrected chi connectivity index (χ3v) is 2.21. The van der Waals surface area contributed by atoms with Gasteiger partial charge in [0, 0.05) is 31.5 Å². The average Bonchev–Trinajstić information content (AvgIpc) is 2.29. The normalized spacial score (nSPS) is 21.9. The van der Waals surface area contributed by atoms with Crippen LogP contribution in [0, 0.1) is 0 Å². The Morgan fingerprint density at radius 1 is 1.64 bits per heavy atom. The third-order valence-electron chi connectivity index (χ3n) is 2.21. The highest BCUT2D eigenvalue weighted by Crippen LogP contribution is 2.03. The molecule has 4 nitrogen and oxygen atoms in total. The summed E-state index contributed by atoms with van der Waals surface area (Å²) in [5.74, 6) is 0. The first-order valence-electron chi connectivity index (χ1n) is 4.90. The minimum Gasteiger partial charge on any atom is -0.382 e. The molecule has 1 aromatic rings. The zero-order valence-corrected chi connectivity index (χ0v) is 8.07. The van der Waals surface area contributed by atoms with Crippen LogP contribution in [0.1, 0.15) is 0 Å². The Balaban J connectivity index is 1.76. The van der Waals surface area contributed by atoms with Gasteiger partial charge >= 0.3 is 0 Å². The molecule has 1 aliphatic heterocycles. The standard InChI is InChI=1S/C10H15N3O/c1-2-9(6-11-3-1)13-7-10-8-14-5-4-12-10/h1-3,6,10,12-13H,4-5,7-8H2. The molecule has 0 bridgehead atoms. The highest BCUT2D eigenvalue weighted by molar-refractivity contribution is 5.39. The number of nitrogens with one attached hydrogen (secondary N) is 2. The van der Waals surface area contributed by atoms with Gasteiger partial charge in [-0.15, -0.1) is 0 Å². The highest BCUT2D eigenvalue weighted by atomic mass is 16.5. The molecule has 0 aliphatic carbocycles. The van der Waals surface area contributed by atoms with Crippen molar-refractivity contribution < 1.29 is 4.74 Å². The Labute approximate surface area is 83.7 Å². The van der Waals surface area contributed by atoms with E-state index < -0.39 is 0 Å². The second-order valence-electron chi connectivity index (χ2n) is 3.35. The maximum absolute atomic E-state index is 5.35. The molecule has 0 saturated carbocycles. The summed E-state index contributed by atoms with van der Waals surface area (Å²) < 4.78 is 5.35. The number of ether oxygens (including phenoxy) is 1. The number of hydrogen-bond acceptors (Lipinski definition) is 4. The van der Waals surface area contributed by atoms with Crippen molar-refractivity contribution in [1.29, 1.82) is 0 Å². The van der Waals surface area contributed by atoms with Crippen molar-refractivity contribution >= 4 is 5.69 Å². The van der Waals surface area contributed by atoms with Crippen molar-refractivity contribution in [2.24, 2.45) is 0 Å². The van der Waals surface area contributed by atoms with Crippen LogP contribution in [-0.2, 0) is 4.74 Å². The molecule has 0 radical (unpaired) electrons. The first-order valence-corrected chi connectivity index (χ1v) is 4.90. The molecule has 0 amide bonds. The predicted octanol–water partition coefficient (Wildman–Crippen LogP) is 0.482. The molecule has 4 heteroatoms. The molecular formula is C10H15N3O. The van der Waals surface area contributed by atoms with E-state index in [0.717, 1.165) is 32.0 Å². The van der Waals surface area contributed by atoms with Crippen LogP contribution in [0.15, 0.2) is 24.5 Å². The fraction of sp³-hybridized carbons (Fsp3) is 0.500. The van der Waals surface area contributed by atoms with Crippen LogP contribution in [0.2, 0.25) is 0 Å². The molecular weight excluding hydrogens is 178 g/mol. The van der Waals surface area contributed by atoms with Gasteiger partial charge in [-0.2, -0.15) is 0 Å². The third kappa shape index (κ3) is 2.68. The molecule has 0 spiro atoms. The van der Waals surface area contributed by atoms with Crippen LogP contribution >= 0.6 is 0 Å². The van der Waals surface area contributed by atoms with Gasteiger partial charge in [0.15, 0.2) is 0 Å². The summed E-state index contributed by atoms with van der Waals surface area (Å²) in [7, 11) is 0. The lowest BCUT2D eigenvalue weighted by atomic mass is 10.2. The summed E-state index contributed by atoms with van der Waals surface area (Å²) in [6.45, 7) is 3.43. The zero-order valence-electron chi connectivity index (χ0n) is 8.07. The molecule has 1 unspecified atom stereocenters. The summed E-state index contributed by atoms with van der Waals surface area (Å²) in [6, 6.07) is 4.34. The van der Waals surface area contributed by atoms with Crippen molar-refractivity contribution in [3.8, 4) is 0 Å². The van der Waals surface area contributed by atoms with Crippen molar-refractivity contribution in [3.05, 3.63) is 24.5 Å². The van der Waals surface area contributed by atoms with Crippen molar-refractivity contribution in [1.82, 2.24) is 10.3 Å². The molecule has 76 valence electrons. The van der Waals surface area contributed by atoms with E-state index in [9.17, 15) is 0 Å². The number of hydrogen-bond donors (Lipinski definition) is 2. The molecule has 1 saturated heterocycles. The molecule has 1 atom stereocenters. The van der Waals surface area contributed by atoms with Crippen LogP contribution in [0.3, 0.4) is 0 Å². The Bertz CT molecular complexity index is 259. The van der Waals surface area contributed by atoms with Gasteiger partial charge in [0.05, 0.1) is 18.9 Å². The molecule has 1 fully saturated rings. The molecule has 1 aliphatic rings. The van der Waals surface area contributed by atoms with E-state index in [1.807, 2.05) is 18.3 Å². The minimum atomic E-state index is 0.406. The van der Waals surface area contributed by atoms with Crippen LogP contribution in [0.25, 0.3) is 0 Å². The Kier molecular flexibility index (Phi) is 3.32. The zero-order chi connectivity index (χ0) is 9.64. The van der Waals surface area contributed by atoms with Gasteiger partial charge in [-0.1, -0.05) is 0 Å². The maximum atomic E-state index is 5.35. The predicted molar refractivity (Wildman–Crippen MR) is 55.3 cm³/mol. The Morgan fingerprint density at radius 3 is 3.36 bits per heavy atom. The second-order valence-corrected chi connectivity index (χ2v) is 3.35. The van der Waals surface area contributed by atoms with Crippen LogP contribution in [0.5, 0.6) is 0 Å². The van der Waals surface area contributed by atoms with Gasteiger partial charge < -0.3 is 15.4 Å². The molecule has 0 aromatic carbocycles. The van der Waals surface area contributed by atoms with E-state index >= 15 is 0 Å². The highest BCUT2D eigenvalue weighted by Gasteiger charge is 2.11. The largest absolute Gasteiger partial charge is 0.382 e. The molecule has 14 heavy (non-hydrogen) atoms. The first kappa shape index (κ1) is 9.43. The van der Waals surface area contributed by atoms with Gasteiger partial charge in [0.1, 0.15) is 0 Å². The lowest BCUT2D eigenvalue weighted by Crippen LogP contribution is -2.45. The van der Waals surface area contributed by atoms with E-state index in [1.165, 1.54) is 0 Å². The molecule has 2 heterocycles. The minimum absolute atomic E-state index is 0.406. The lowest BCUT2D eigenvalue weighted by molar-refractivity contribution is 0.0806. The summed E-state index contributed by atoms with van der Waals surface area (Å²) in [6.07, 6.45) is 3.59. The monoisotopic (exact) mass is 193 g/mol. The van der Waals surface area contributed by atoms with Crippen LogP contribution in [0.4, 0.5) is 5.69 Å². The summed E-state index contributed by atoms with van der Waals surface area (Å²) in [4.78, 5) is 4.03. The fourth-order valence-corrected chi connectivity index (χ4v) is 1.46. The number of nitrogens with zero attached hydrogens (tertiary/aromatic N) is 1. The van der Waals surface area contributed by atoms with E-state index in [0.29, 0.717) is 6.04 Å². The molecule has 1 aromatic heterocycles. The maximum Gasteiger partial charge on any atom is 0.0637 e. The molecule has 2 N–H and O–H groups in total. The van der Waals surface area contributed by atoms with Gasteiger partial charge in [-0.05, 0) is 12.1 Å². The number of pyridine rings is 1. The smallest absolute Gasteiger partial charge is 0.0637 e. The van der Waals surface area contributed by atoms with Gasteiger partial charge in [0.2, 0.25) is 0 Å². The van der Waals surface area contributed by atoms with Gasteiger partial charge in [-0.25, -0.2) is 0 Å². The SMILES string of the molecule is c1cncc(NCC2COCCN2)c1. The van der Waals surface area contributed by atoms with Crippen molar-refractivity contribution in [2.45, 2.75) is 6.04 Å².